The minimum Gasteiger partial charge on any atom is -0.480 e. The summed E-state index contributed by atoms with van der Waals surface area (Å²) in [6.07, 6.45) is 3.28. The first-order chi connectivity index (χ1) is 7.77. The van der Waals surface area contributed by atoms with Crippen molar-refractivity contribution < 1.29 is 9.90 Å². The van der Waals surface area contributed by atoms with Gasteiger partial charge in [0.05, 0.1) is 6.21 Å². The van der Waals surface area contributed by atoms with Crippen LogP contribution < -0.4 is 0 Å². The molecular weight excluding hydrogens is 204 g/mol. The van der Waals surface area contributed by atoms with Crippen molar-refractivity contribution in [1.29, 1.82) is 0 Å². The molecule has 1 heterocycles. The smallest absolute Gasteiger partial charge is 0.328 e. The van der Waals surface area contributed by atoms with E-state index in [9.17, 15) is 4.79 Å². The van der Waals surface area contributed by atoms with Crippen molar-refractivity contribution >= 4 is 12.2 Å². The van der Waals surface area contributed by atoms with Gasteiger partial charge in [-0.15, -0.1) is 0 Å². The van der Waals surface area contributed by atoms with Gasteiger partial charge >= 0.3 is 5.97 Å². The van der Waals surface area contributed by atoms with E-state index in [1.165, 1.54) is 0 Å². The van der Waals surface area contributed by atoms with E-state index >= 15 is 0 Å². The summed E-state index contributed by atoms with van der Waals surface area (Å²) in [6.45, 7) is 0.723. The van der Waals surface area contributed by atoms with Gasteiger partial charge in [-0.25, -0.2) is 4.79 Å². The second kappa shape index (κ2) is 4.79. The molecule has 1 aliphatic rings. The van der Waals surface area contributed by atoms with E-state index in [1.807, 2.05) is 30.3 Å². The van der Waals surface area contributed by atoms with Crippen LogP contribution in [0.3, 0.4) is 0 Å². The van der Waals surface area contributed by atoms with Gasteiger partial charge in [-0.1, -0.05) is 30.3 Å². The molecule has 1 atom stereocenters. The summed E-state index contributed by atoms with van der Waals surface area (Å²) in [5.74, 6) is -0.789. The molecule has 0 amide bonds. The lowest BCUT2D eigenvalue weighted by Crippen LogP contribution is -2.31. The predicted octanol–water partition coefficient (Wildman–Crippen LogP) is 1.57. The molecule has 0 radical (unpaired) electrons. The van der Waals surface area contributed by atoms with Crippen molar-refractivity contribution in [2.24, 2.45) is 5.10 Å². The average Bonchev–Trinajstić information content (AvgIpc) is 2.76. The Morgan fingerprint density at radius 2 is 2.19 bits per heavy atom. The van der Waals surface area contributed by atoms with Crippen LogP contribution in [0.4, 0.5) is 0 Å². The number of carboxylic acids is 1. The number of hydrogen-bond acceptors (Lipinski definition) is 3. The predicted molar refractivity (Wildman–Crippen MR) is 61.4 cm³/mol. The van der Waals surface area contributed by atoms with Gasteiger partial charge in [0.1, 0.15) is 6.04 Å². The quantitative estimate of drug-likeness (QED) is 0.783. The van der Waals surface area contributed by atoms with Crippen LogP contribution in [0.1, 0.15) is 18.4 Å². The summed E-state index contributed by atoms with van der Waals surface area (Å²) in [5, 5.41) is 14.8. The van der Waals surface area contributed by atoms with Crippen LogP contribution in [-0.4, -0.2) is 34.9 Å². The molecule has 1 aliphatic heterocycles. The van der Waals surface area contributed by atoms with E-state index in [0.29, 0.717) is 6.42 Å². The Labute approximate surface area is 94.2 Å². The Hall–Kier alpha value is -1.84. The van der Waals surface area contributed by atoms with Crippen molar-refractivity contribution in [3.05, 3.63) is 35.9 Å². The highest BCUT2D eigenvalue weighted by Gasteiger charge is 2.29. The van der Waals surface area contributed by atoms with Crippen LogP contribution in [0.15, 0.2) is 35.4 Å². The van der Waals surface area contributed by atoms with Crippen molar-refractivity contribution in [3.63, 3.8) is 0 Å². The second-order valence-corrected chi connectivity index (χ2v) is 3.81. The van der Waals surface area contributed by atoms with Gasteiger partial charge < -0.3 is 5.11 Å². The first-order valence-electron chi connectivity index (χ1n) is 5.36. The van der Waals surface area contributed by atoms with Crippen molar-refractivity contribution in [2.45, 2.75) is 18.9 Å². The van der Waals surface area contributed by atoms with Crippen molar-refractivity contribution in [1.82, 2.24) is 5.01 Å². The van der Waals surface area contributed by atoms with Gasteiger partial charge in [-0.05, 0) is 18.4 Å². The number of hydrogen-bond donors (Lipinski definition) is 1. The summed E-state index contributed by atoms with van der Waals surface area (Å²) in [6, 6.07) is 9.22. The zero-order valence-corrected chi connectivity index (χ0v) is 8.91. The highest BCUT2D eigenvalue weighted by atomic mass is 16.4. The normalized spacial score (nSPS) is 20.5. The molecule has 0 spiro atoms. The van der Waals surface area contributed by atoms with Gasteiger partial charge in [-0.2, -0.15) is 5.10 Å². The van der Waals surface area contributed by atoms with Gasteiger partial charge in [0.25, 0.3) is 0 Å². The average molecular weight is 218 g/mol. The van der Waals surface area contributed by atoms with Crippen molar-refractivity contribution in [3.8, 4) is 0 Å². The molecule has 0 saturated carbocycles. The lowest BCUT2D eigenvalue weighted by atomic mass is 10.2. The number of hydrazone groups is 1. The fourth-order valence-corrected chi connectivity index (χ4v) is 1.82. The molecule has 1 fully saturated rings. The molecule has 1 saturated heterocycles. The fourth-order valence-electron chi connectivity index (χ4n) is 1.82. The first-order valence-corrected chi connectivity index (χ1v) is 5.36. The molecule has 4 heteroatoms. The van der Waals surface area contributed by atoms with E-state index in [0.717, 1.165) is 18.5 Å². The van der Waals surface area contributed by atoms with E-state index in [-0.39, 0.29) is 0 Å². The lowest BCUT2D eigenvalue weighted by molar-refractivity contribution is -0.142. The molecule has 0 aliphatic carbocycles. The summed E-state index contributed by atoms with van der Waals surface area (Å²) in [5.41, 5.74) is 0.985. The SMILES string of the molecule is O=C(O)[C@H]1CCCN1/N=C\c1ccccc1. The first kappa shape index (κ1) is 10.7. The zero-order chi connectivity index (χ0) is 11.4. The summed E-state index contributed by atoms with van der Waals surface area (Å²) in [7, 11) is 0. The number of aliphatic carboxylic acids is 1. The van der Waals surface area contributed by atoms with Crippen LogP contribution in [0.5, 0.6) is 0 Å². The van der Waals surface area contributed by atoms with Gasteiger partial charge in [0.2, 0.25) is 0 Å². The third kappa shape index (κ3) is 2.39. The standard InChI is InChI=1S/C12H14N2O2/c15-12(16)11-7-4-8-14(11)13-9-10-5-2-1-3-6-10/h1-3,5-6,9,11H,4,7-8H2,(H,15,16)/b13-9-/t11-/m1/s1. The monoisotopic (exact) mass is 218 g/mol. The molecule has 0 aromatic heterocycles. The van der Waals surface area contributed by atoms with E-state index in [4.69, 9.17) is 5.11 Å². The second-order valence-electron chi connectivity index (χ2n) is 3.81. The number of carbonyl (C=O) groups is 1. The van der Waals surface area contributed by atoms with E-state index in [1.54, 1.807) is 11.2 Å². The molecule has 16 heavy (non-hydrogen) atoms. The summed E-state index contributed by atoms with van der Waals surface area (Å²) >= 11 is 0. The van der Waals surface area contributed by atoms with Crippen LogP contribution in [0.2, 0.25) is 0 Å². The molecule has 84 valence electrons. The molecule has 1 aromatic carbocycles. The fraction of sp³-hybridized carbons (Fsp3) is 0.333. The van der Waals surface area contributed by atoms with Gasteiger partial charge in [0, 0.05) is 6.54 Å². The van der Waals surface area contributed by atoms with Crippen LogP contribution >= 0.6 is 0 Å². The Morgan fingerprint density at radius 1 is 1.44 bits per heavy atom. The van der Waals surface area contributed by atoms with Crippen LogP contribution in [0.25, 0.3) is 0 Å². The highest BCUT2D eigenvalue weighted by molar-refractivity contribution is 5.79. The largest absolute Gasteiger partial charge is 0.480 e. The molecule has 0 unspecified atom stereocenters. The maximum atomic E-state index is 10.9. The number of nitrogens with zero attached hydrogens (tertiary/aromatic N) is 2. The number of benzene rings is 1. The number of rotatable bonds is 3. The number of carboxylic acid groups (broad SMARTS) is 1. The molecule has 0 bridgehead atoms. The van der Waals surface area contributed by atoms with Gasteiger partial charge in [0.15, 0.2) is 0 Å². The molecule has 2 rings (SSSR count). The minimum absolute atomic E-state index is 0.458. The maximum absolute atomic E-state index is 10.9. The lowest BCUT2D eigenvalue weighted by Gasteiger charge is -2.16. The minimum atomic E-state index is -0.789. The van der Waals surface area contributed by atoms with E-state index < -0.39 is 12.0 Å². The molecule has 1 aromatic rings. The summed E-state index contributed by atoms with van der Waals surface area (Å²) in [4.78, 5) is 10.9. The maximum Gasteiger partial charge on any atom is 0.328 e. The van der Waals surface area contributed by atoms with Gasteiger partial charge in [-0.3, -0.25) is 5.01 Å². The topological polar surface area (TPSA) is 52.9 Å². The Balaban J connectivity index is 2.04. The highest BCUT2D eigenvalue weighted by Crippen LogP contribution is 2.17. The Morgan fingerprint density at radius 3 is 2.88 bits per heavy atom. The molecule has 4 nitrogen and oxygen atoms in total. The zero-order valence-electron chi connectivity index (χ0n) is 8.91. The Bertz CT molecular complexity index is 389. The molecule has 1 N–H and O–H groups in total. The van der Waals surface area contributed by atoms with Crippen LogP contribution in [-0.2, 0) is 4.79 Å². The third-order valence-electron chi connectivity index (χ3n) is 2.66. The van der Waals surface area contributed by atoms with Crippen molar-refractivity contribution in [2.75, 3.05) is 6.54 Å². The summed E-state index contributed by atoms with van der Waals surface area (Å²) < 4.78 is 0. The third-order valence-corrected chi connectivity index (χ3v) is 2.66. The van der Waals surface area contributed by atoms with E-state index in [2.05, 4.69) is 5.10 Å². The Kier molecular flexibility index (Phi) is 3.19. The van der Waals surface area contributed by atoms with Crippen LogP contribution in [0, 0.1) is 0 Å². The molecular formula is C12H14N2O2.